The molecular formula is C9H14N6S2. The van der Waals surface area contributed by atoms with Crippen molar-refractivity contribution in [3.05, 3.63) is 18.2 Å². The van der Waals surface area contributed by atoms with Gasteiger partial charge in [0.25, 0.3) is 0 Å². The quantitative estimate of drug-likeness (QED) is 0.664. The lowest BCUT2D eigenvalue weighted by atomic mass is 10.6. The molecule has 92 valence electrons. The molecule has 0 spiro atoms. The fraction of sp³-hybridized carbons (Fsp3) is 0.444. The van der Waals surface area contributed by atoms with Crippen LogP contribution in [0.4, 0.5) is 11.6 Å². The van der Waals surface area contributed by atoms with E-state index in [1.807, 2.05) is 25.0 Å². The number of imidazole rings is 1. The Bertz CT molecular complexity index is 426. The van der Waals surface area contributed by atoms with Gasteiger partial charge in [0.1, 0.15) is 0 Å². The maximum atomic E-state index is 4.17. The van der Waals surface area contributed by atoms with E-state index in [2.05, 4.69) is 29.3 Å². The highest BCUT2D eigenvalue weighted by atomic mass is 32.2. The maximum Gasteiger partial charge on any atom is 0.184 e. The molecule has 0 aliphatic heterocycles. The van der Waals surface area contributed by atoms with Gasteiger partial charge < -0.3 is 15.6 Å². The van der Waals surface area contributed by atoms with E-state index in [1.165, 1.54) is 11.7 Å². The minimum atomic E-state index is 0.813. The highest BCUT2D eigenvalue weighted by Crippen LogP contribution is 2.17. The molecule has 0 amide bonds. The summed E-state index contributed by atoms with van der Waals surface area (Å²) < 4.78 is 8.28. The van der Waals surface area contributed by atoms with Gasteiger partial charge in [-0.3, -0.25) is 0 Å². The fourth-order valence-electron chi connectivity index (χ4n) is 1.26. The Morgan fingerprint density at radius 1 is 1.41 bits per heavy atom. The van der Waals surface area contributed by atoms with E-state index in [-0.39, 0.29) is 0 Å². The smallest absolute Gasteiger partial charge is 0.184 e. The molecule has 0 saturated heterocycles. The first-order valence-corrected chi connectivity index (χ1v) is 7.08. The summed E-state index contributed by atoms with van der Waals surface area (Å²) in [5.74, 6) is 3.61. The number of thioether (sulfide) groups is 1. The lowest BCUT2D eigenvalue weighted by molar-refractivity contribution is 1.18. The van der Waals surface area contributed by atoms with Gasteiger partial charge in [-0.1, -0.05) is 0 Å². The number of nitrogens with one attached hydrogen (secondary N) is 3. The van der Waals surface area contributed by atoms with Crippen LogP contribution in [0.5, 0.6) is 0 Å². The molecule has 0 unspecified atom stereocenters. The normalized spacial score (nSPS) is 10.4. The molecule has 0 aromatic carbocycles. The Morgan fingerprint density at radius 2 is 2.29 bits per heavy atom. The first-order valence-electron chi connectivity index (χ1n) is 5.19. The summed E-state index contributed by atoms with van der Waals surface area (Å²) in [6.07, 6.45) is 3.55. The van der Waals surface area contributed by atoms with E-state index in [4.69, 9.17) is 0 Å². The van der Waals surface area contributed by atoms with Crippen molar-refractivity contribution in [2.45, 2.75) is 5.75 Å². The van der Waals surface area contributed by atoms with E-state index < -0.39 is 0 Å². The molecule has 0 aliphatic rings. The average molecular weight is 270 g/mol. The molecule has 2 heterocycles. The third kappa shape index (κ3) is 3.60. The maximum absolute atomic E-state index is 4.17. The van der Waals surface area contributed by atoms with Gasteiger partial charge in [0.2, 0.25) is 0 Å². The second kappa shape index (κ2) is 6.45. The van der Waals surface area contributed by atoms with Gasteiger partial charge in [-0.2, -0.15) is 20.5 Å². The van der Waals surface area contributed by atoms with Crippen molar-refractivity contribution in [1.29, 1.82) is 0 Å². The molecule has 2 rings (SSSR count). The van der Waals surface area contributed by atoms with Crippen LogP contribution in [0.2, 0.25) is 0 Å². The molecule has 2 aromatic rings. The van der Waals surface area contributed by atoms with Gasteiger partial charge in [-0.15, -0.1) is 0 Å². The van der Waals surface area contributed by atoms with Gasteiger partial charge in [0.05, 0.1) is 18.1 Å². The highest BCUT2D eigenvalue weighted by molar-refractivity contribution is 7.98. The van der Waals surface area contributed by atoms with Crippen molar-refractivity contribution >= 4 is 35.1 Å². The van der Waals surface area contributed by atoms with Crippen molar-refractivity contribution in [2.24, 2.45) is 0 Å². The van der Waals surface area contributed by atoms with E-state index in [1.54, 1.807) is 6.33 Å². The second-order valence-corrected chi connectivity index (χ2v) is 4.90. The van der Waals surface area contributed by atoms with Crippen LogP contribution in [0, 0.1) is 0 Å². The summed E-state index contributed by atoms with van der Waals surface area (Å²) in [4.78, 5) is 7.05. The van der Waals surface area contributed by atoms with Crippen LogP contribution in [0.25, 0.3) is 0 Å². The number of rotatable bonds is 7. The largest absolute Gasteiger partial charge is 0.369 e. The zero-order valence-corrected chi connectivity index (χ0v) is 11.1. The summed E-state index contributed by atoms with van der Waals surface area (Å²) in [5.41, 5.74) is 1.15. The van der Waals surface area contributed by atoms with Crippen molar-refractivity contribution in [3.63, 3.8) is 0 Å². The van der Waals surface area contributed by atoms with Crippen LogP contribution in [-0.2, 0) is 5.75 Å². The minimum Gasteiger partial charge on any atom is -0.369 e. The van der Waals surface area contributed by atoms with Crippen molar-refractivity contribution in [2.75, 3.05) is 30.0 Å². The molecule has 0 aliphatic carbocycles. The number of anilines is 2. The summed E-state index contributed by atoms with van der Waals surface area (Å²) in [7, 11) is 1.84. The second-order valence-electron chi connectivity index (χ2n) is 3.27. The lowest BCUT2D eigenvalue weighted by Gasteiger charge is -2.04. The molecule has 6 nitrogen and oxygen atoms in total. The summed E-state index contributed by atoms with van der Waals surface area (Å²) >= 11 is 3.05. The predicted octanol–water partition coefficient (Wildman–Crippen LogP) is 1.65. The van der Waals surface area contributed by atoms with Gasteiger partial charge in [-0.05, 0) is 0 Å². The van der Waals surface area contributed by atoms with Gasteiger partial charge in [0, 0.05) is 37.0 Å². The Balaban J connectivity index is 1.63. The monoisotopic (exact) mass is 270 g/mol. The summed E-state index contributed by atoms with van der Waals surface area (Å²) in [5, 5.41) is 6.25. The molecule has 0 radical (unpaired) electrons. The minimum absolute atomic E-state index is 0.813. The van der Waals surface area contributed by atoms with Crippen molar-refractivity contribution < 1.29 is 0 Å². The van der Waals surface area contributed by atoms with Crippen LogP contribution < -0.4 is 10.6 Å². The zero-order valence-electron chi connectivity index (χ0n) is 9.43. The molecular weight excluding hydrogens is 256 g/mol. The number of nitrogens with zero attached hydrogens (tertiary/aromatic N) is 3. The first kappa shape index (κ1) is 12.2. The topological polar surface area (TPSA) is 78.5 Å². The number of hydrogen-bond donors (Lipinski definition) is 3. The van der Waals surface area contributed by atoms with Gasteiger partial charge in [-0.25, -0.2) is 4.98 Å². The third-order valence-electron chi connectivity index (χ3n) is 2.08. The lowest BCUT2D eigenvalue weighted by Crippen LogP contribution is -2.06. The van der Waals surface area contributed by atoms with Crippen LogP contribution in [-0.4, -0.2) is 38.1 Å². The first-order chi connectivity index (χ1) is 8.40. The Labute approximate surface area is 108 Å². The number of hydrogen-bond acceptors (Lipinski definition) is 7. The average Bonchev–Trinajstić information content (AvgIpc) is 2.98. The zero-order chi connectivity index (χ0) is 11.9. The molecule has 17 heavy (non-hydrogen) atoms. The van der Waals surface area contributed by atoms with Crippen molar-refractivity contribution in [1.82, 2.24) is 18.7 Å². The van der Waals surface area contributed by atoms with E-state index in [0.717, 1.165) is 35.4 Å². The van der Waals surface area contributed by atoms with E-state index in [0.29, 0.717) is 0 Å². The predicted molar refractivity (Wildman–Crippen MR) is 72.7 cm³/mol. The summed E-state index contributed by atoms with van der Waals surface area (Å²) in [6.45, 7) is 0.874. The van der Waals surface area contributed by atoms with Crippen LogP contribution in [0.15, 0.2) is 12.5 Å². The van der Waals surface area contributed by atoms with Crippen molar-refractivity contribution in [3.8, 4) is 0 Å². The van der Waals surface area contributed by atoms with Crippen LogP contribution in [0.1, 0.15) is 5.69 Å². The van der Waals surface area contributed by atoms with Crippen LogP contribution in [0.3, 0.4) is 0 Å². The van der Waals surface area contributed by atoms with E-state index >= 15 is 0 Å². The third-order valence-corrected chi connectivity index (χ3v) is 3.61. The van der Waals surface area contributed by atoms with Gasteiger partial charge in [0.15, 0.2) is 11.6 Å². The molecule has 8 heteroatoms. The number of aromatic amines is 1. The summed E-state index contributed by atoms with van der Waals surface area (Å²) in [6, 6.07) is 0. The molecule has 0 fully saturated rings. The fourth-order valence-corrected chi connectivity index (χ4v) is 2.56. The molecule has 0 atom stereocenters. The molecule has 0 bridgehead atoms. The molecule has 3 N–H and O–H groups in total. The number of H-pyrrole nitrogens is 1. The van der Waals surface area contributed by atoms with E-state index in [9.17, 15) is 0 Å². The highest BCUT2D eigenvalue weighted by Gasteiger charge is 2.04. The van der Waals surface area contributed by atoms with Gasteiger partial charge >= 0.3 is 0 Å². The Kier molecular flexibility index (Phi) is 4.63. The number of aromatic nitrogens is 4. The Hall–Kier alpha value is -1.28. The standard InChI is InChI=1S/C9H14N6S2/c1-10-8-9(15-17-14-8)12-2-3-16-5-7-4-11-6-13-7/h4,6H,2-3,5H2,1H3,(H,10,14)(H,11,13)(H,12,15). The SMILES string of the molecule is CNc1nsnc1NCCSCc1cnc[nH]1. The van der Waals surface area contributed by atoms with Crippen LogP contribution >= 0.6 is 23.5 Å². The Morgan fingerprint density at radius 3 is 3.06 bits per heavy atom. The molecule has 0 saturated carbocycles. The molecule has 2 aromatic heterocycles.